The molecule has 0 bridgehead atoms. The summed E-state index contributed by atoms with van der Waals surface area (Å²) in [5, 5.41) is 12.7. The maximum Gasteiger partial charge on any atom is 0.272 e. The fourth-order valence-corrected chi connectivity index (χ4v) is 2.60. The van der Waals surface area contributed by atoms with E-state index in [0.717, 1.165) is 16.9 Å². The van der Waals surface area contributed by atoms with Gasteiger partial charge in [-0.05, 0) is 24.6 Å². The van der Waals surface area contributed by atoms with Gasteiger partial charge in [-0.1, -0.05) is 36.4 Å². The number of pyridine rings is 1. The maximum absolute atomic E-state index is 12.3. The van der Waals surface area contributed by atoms with Crippen molar-refractivity contribution in [2.45, 2.75) is 19.6 Å². The van der Waals surface area contributed by atoms with Crippen LogP contribution in [-0.2, 0) is 11.3 Å². The smallest absolute Gasteiger partial charge is 0.272 e. The second kappa shape index (κ2) is 7.92. The number of hydrogen-bond donors (Lipinski definition) is 2. The second-order valence-corrected chi connectivity index (χ2v) is 5.83. The van der Waals surface area contributed by atoms with Crippen LogP contribution >= 0.6 is 0 Å². The number of nitrogens with zero attached hydrogens (tertiary/aromatic N) is 2. The fourth-order valence-electron chi connectivity index (χ4n) is 2.60. The van der Waals surface area contributed by atoms with E-state index in [9.17, 15) is 9.90 Å². The predicted molar refractivity (Wildman–Crippen MR) is 94.4 cm³/mol. The number of benzene rings is 1. The number of imidazole rings is 1. The molecule has 1 aromatic carbocycles. The van der Waals surface area contributed by atoms with Crippen LogP contribution in [0, 0.1) is 6.92 Å². The van der Waals surface area contributed by atoms with E-state index in [4.69, 9.17) is 4.74 Å². The Balaban J connectivity index is 1.49. The number of nitrogens with one attached hydrogen (secondary N) is 1. The van der Waals surface area contributed by atoms with Crippen LogP contribution in [0.1, 0.15) is 21.9 Å². The van der Waals surface area contributed by atoms with Gasteiger partial charge < -0.3 is 19.6 Å². The van der Waals surface area contributed by atoms with Crippen molar-refractivity contribution >= 4 is 11.4 Å². The van der Waals surface area contributed by atoms with E-state index in [-0.39, 0.29) is 19.1 Å². The summed E-state index contributed by atoms with van der Waals surface area (Å²) >= 11 is 0. The molecule has 3 aromatic rings. The summed E-state index contributed by atoms with van der Waals surface area (Å²) in [5.41, 5.74) is 2.14. The van der Waals surface area contributed by atoms with Crippen LogP contribution < -0.4 is 5.32 Å². The molecule has 3 rings (SSSR count). The molecule has 1 unspecified atom stereocenters. The van der Waals surface area contributed by atoms with Gasteiger partial charge in [-0.2, -0.15) is 0 Å². The molecule has 0 aliphatic heterocycles. The number of aliphatic hydroxyl groups is 1. The Morgan fingerprint density at radius 1 is 1.24 bits per heavy atom. The number of aryl methyl sites for hydroxylation is 1. The zero-order chi connectivity index (χ0) is 17.6. The Bertz CT molecular complexity index is 846. The molecule has 0 fully saturated rings. The number of hydrogen-bond acceptors (Lipinski definition) is 4. The number of rotatable bonds is 7. The molecule has 2 N–H and O–H groups in total. The molecule has 0 aliphatic rings. The van der Waals surface area contributed by atoms with Crippen LogP contribution in [-0.4, -0.2) is 39.7 Å². The molecular weight excluding hydrogens is 318 g/mol. The van der Waals surface area contributed by atoms with E-state index < -0.39 is 6.10 Å². The SMILES string of the molecule is Cc1nc(C(=O)NCC(O)COCc2ccccc2)c2ccccn12. The van der Waals surface area contributed by atoms with Crippen molar-refractivity contribution in [3.63, 3.8) is 0 Å². The van der Waals surface area contributed by atoms with Gasteiger partial charge in [0.1, 0.15) is 5.82 Å². The van der Waals surface area contributed by atoms with E-state index in [2.05, 4.69) is 10.3 Å². The molecule has 25 heavy (non-hydrogen) atoms. The van der Waals surface area contributed by atoms with E-state index in [0.29, 0.717) is 12.3 Å². The zero-order valence-corrected chi connectivity index (χ0v) is 14.1. The van der Waals surface area contributed by atoms with Crippen molar-refractivity contribution in [2.75, 3.05) is 13.2 Å². The molecule has 0 saturated carbocycles. The van der Waals surface area contributed by atoms with Crippen molar-refractivity contribution in [1.82, 2.24) is 14.7 Å². The molecule has 0 spiro atoms. The van der Waals surface area contributed by atoms with Gasteiger partial charge in [-0.25, -0.2) is 4.98 Å². The van der Waals surface area contributed by atoms with Crippen LogP contribution in [0.15, 0.2) is 54.7 Å². The van der Waals surface area contributed by atoms with Crippen LogP contribution in [0.5, 0.6) is 0 Å². The van der Waals surface area contributed by atoms with Gasteiger partial charge >= 0.3 is 0 Å². The number of carbonyl (C=O) groups excluding carboxylic acids is 1. The summed E-state index contributed by atoms with van der Waals surface area (Å²) in [6.45, 7) is 2.53. The standard InChI is InChI=1S/C19H21N3O3/c1-14-21-18(17-9-5-6-10-22(14)17)19(24)20-11-16(23)13-25-12-15-7-3-2-4-8-15/h2-10,16,23H,11-13H2,1H3,(H,20,24). The van der Waals surface area contributed by atoms with Crippen LogP contribution in [0.4, 0.5) is 0 Å². The van der Waals surface area contributed by atoms with Gasteiger partial charge in [0.2, 0.25) is 0 Å². The topological polar surface area (TPSA) is 75.9 Å². The van der Waals surface area contributed by atoms with Gasteiger partial charge in [0.15, 0.2) is 5.69 Å². The highest BCUT2D eigenvalue weighted by Crippen LogP contribution is 2.12. The molecule has 130 valence electrons. The molecule has 0 radical (unpaired) electrons. The second-order valence-electron chi connectivity index (χ2n) is 5.83. The third-order valence-corrected chi connectivity index (χ3v) is 3.86. The first-order chi connectivity index (χ1) is 12.1. The van der Waals surface area contributed by atoms with Crippen molar-refractivity contribution < 1.29 is 14.6 Å². The lowest BCUT2D eigenvalue weighted by molar-refractivity contribution is 0.0285. The number of aromatic nitrogens is 2. The third-order valence-electron chi connectivity index (χ3n) is 3.86. The minimum absolute atomic E-state index is 0.110. The number of amides is 1. The van der Waals surface area contributed by atoms with E-state index in [1.807, 2.05) is 66.1 Å². The van der Waals surface area contributed by atoms with Gasteiger partial charge in [0.25, 0.3) is 5.91 Å². The summed E-state index contributed by atoms with van der Waals surface area (Å²) < 4.78 is 7.33. The average Bonchev–Trinajstić information content (AvgIpc) is 2.98. The van der Waals surface area contributed by atoms with Crippen LogP contribution in [0.2, 0.25) is 0 Å². The lowest BCUT2D eigenvalue weighted by Crippen LogP contribution is -2.34. The van der Waals surface area contributed by atoms with Crippen molar-refractivity contribution in [3.8, 4) is 0 Å². The number of carbonyl (C=O) groups is 1. The van der Waals surface area contributed by atoms with E-state index in [1.165, 1.54) is 0 Å². The number of aliphatic hydroxyl groups excluding tert-OH is 1. The maximum atomic E-state index is 12.3. The molecule has 0 saturated heterocycles. The first-order valence-electron chi connectivity index (χ1n) is 8.17. The molecule has 1 amide bonds. The molecule has 0 aliphatic carbocycles. The zero-order valence-electron chi connectivity index (χ0n) is 14.1. The van der Waals surface area contributed by atoms with Crippen molar-refractivity contribution in [1.29, 1.82) is 0 Å². The molecule has 2 heterocycles. The first kappa shape index (κ1) is 17.1. The molecule has 6 heteroatoms. The monoisotopic (exact) mass is 339 g/mol. The van der Waals surface area contributed by atoms with Gasteiger partial charge in [0, 0.05) is 12.7 Å². The first-order valence-corrected chi connectivity index (χ1v) is 8.17. The molecule has 6 nitrogen and oxygen atoms in total. The minimum Gasteiger partial charge on any atom is -0.389 e. The predicted octanol–water partition coefficient (Wildman–Crippen LogP) is 1.95. The fraction of sp³-hybridized carbons (Fsp3) is 0.263. The summed E-state index contributed by atoms with van der Waals surface area (Å²) in [7, 11) is 0. The Hall–Kier alpha value is -2.70. The van der Waals surface area contributed by atoms with E-state index in [1.54, 1.807) is 0 Å². The average molecular weight is 339 g/mol. The summed E-state index contributed by atoms with van der Waals surface area (Å²) in [5.74, 6) is 0.436. The Kier molecular flexibility index (Phi) is 5.42. The quantitative estimate of drug-likeness (QED) is 0.690. The van der Waals surface area contributed by atoms with Gasteiger partial charge in [-0.15, -0.1) is 0 Å². The highest BCUT2D eigenvalue weighted by Gasteiger charge is 2.16. The molecular formula is C19H21N3O3. The Labute approximate surface area is 146 Å². The minimum atomic E-state index is -0.775. The summed E-state index contributed by atoms with van der Waals surface area (Å²) in [6, 6.07) is 15.3. The summed E-state index contributed by atoms with van der Waals surface area (Å²) in [6.07, 6.45) is 1.09. The Morgan fingerprint density at radius 3 is 2.80 bits per heavy atom. The molecule has 1 atom stereocenters. The lowest BCUT2D eigenvalue weighted by Gasteiger charge is -2.12. The third kappa shape index (κ3) is 4.23. The van der Waals surface area contributed by atoms with Crippen LogP contribution in [0.25, 0.3) is 5.52 Å². The normalized spacial score (nSPS) is 12.2. The van der Waals surface area contributed by atoms with E-state index >= 15 is 0 Å². The van der Waals surface area contributed by atoms with Crippen molar-refractivity contribution in [3.05, 3.63) is 71.8 Å². The molecule has 2 aromatic heterocycles. The number of fused-ring (bicyclic) bond motifs is 1. The van der Waals surface area contributed by atoms with Crippen LogP contribution in [0.3, 0.4) is 0 Å². The number of ether oxygens (including phenoxy) is 1. The highest BCUT2D eigenvalue weighted by molar-refractivity contribution is 5.99. The van der Waals surface area contributed by atoms with Gasteiger partial charge in [-0.3, -0.25) is 4.79 Å². The lowest BCUT2D eigenvalue weighted by atomic mass is 10.2. The summed E-state index contributed by atoms with van der Waals surface area (Å²) in [4.78, 5) is 16.6. The Morgan fingerprint density at radius 2 is 2.00 bits per heavy atom. The largest absolute Gasteiger partial charge is 0.389 e. The van der Waals surface area contributed by atoms with Crippen molar-refractivity contribution in [2.24, 2.45) is 0 Å². The van der Waals surface area contributed by atoms with Gasteiger partial charge in [0.05, 0.1) is 24.8 Å². The highest BCUT2D eigenvalue weighted by atomic mass is 16.5.